The molecule has 0 spiro atoms. The van der Waals surface area contributed by atoms with Crippen LogP contribution >= 0.6 is 0 Å². The first-order valence-corrected chi connectivity index (χ1v) is 12.3. The van der Waals surface area contributed by atoms with Crippen LogP contribution in [0.1, 0.15) is 122 Å². The first-order chi connectivity index (χ1) is 13.6. The van der Waals surface area contributed by atoms with Gasteiger partial charge in [0.15, 0.2) is 0 Å². The lowest BCUT2D eigenvalue weighted by Crippen LogP contribution is -2.24. The Morgan fingerprint density at radius 3 is 1.93 bits per heavy atom. The number of hydrogen-bond donors (Lipinski definition) is 0. The molecule has 0 aliphatic heterocycles. The summed E-state index contributed by atoms with van der Waals surface area (Å²) >= 11 is 0. The summed E-state index contributed by atoms with van der Waals surface area (Å²) < 4.78 is 7.80. The molecule has 0 radical (unpaired) electrons. The minimum absolute atomic E-state index is 0.0405. The highest BCUT2D eigenvalue weighted by Crippen LogP contribution is 2.26. The van der Waals surface area contributed by atoms with Gasteiger partial charge in [0.05, 0.1) is 0 Å². The van der Waals surface area contributed by atoms with Gasteiger partial charge in [0.25, 0.3) is 0 Å². The van der Waals surface area contributed by atoms with Crippen molar-refractivity contribution in [2.75, 3.05) is 14.1 Å². The van der Waals surface area contributed by atoms with Crippen LogP contribution in [0.4, 0.5) is 0 Å². The topological polar surface area (TPSA) is 29.3 Å². The molecule has 0 bridgehead atoms. The lowest BCUT2D eigenvalue weighted by atomic mass is 9.89. The highest BCUT2D eigenvalue weighted by atomic mass is 16.5. The van der Waals surface area contributed by atoms with E-state index in [2.05, 4.69) is 31.8 Å². The average molecular weight is 395 g/mol. The van der Waals surface area contributed by atoms with Gasteiger partial charge in [-0.1, -0.05) is 77.6 Å². The number of nitrogens with zero attached hydrogens (tertiary/aromatic N) is 1. The molecule has 3 heteroatoms. The zero-order valence-corrected chi connectivity index (χ0v) is 19.2. The Kier molecular flexibility index (Phi) is 15.3. The summed E-state index contributed by atoms with van der Waals surface area (Å²) in [6.07, 6.45) is 24.9. The number of hydrogen-bond acceptors (Lipinski definition) is 2. The van der Waals surface area contributed by atoms with Gasteiger partial charge in [0.1, 0.15) is 26.4 Å². The summed E-state index contributed by atoms with van der Waals surface area (Å²) in [5.41, 5.74) is 0. The predicted octanol–water partition coefficient (Wildman–Crippen LogP) is 6.91. The molecular formula is C25H48NO2+. The van der Waals surface area contributed by atoms with Crippen LogP contribution in [0.3, 0.4) is 0 Å². The van der Waals surface area contributed by atoms with Crippen LogP contribution in [0.15, 0.2) is 0 Å². The molecule has 3 nitrogen and oxygen atoms in total. The zero-order chi connectivity index (χ0) is 20.5. The molecule has 0 amide bonds. The smallest absolute Gasteiger partial charge is 0.306 e. The Morgan fingerprint density at radius 1 is 0.857 bits per heavy atom. The SMILES string of the molecule is CC1CCCC(OC(=O)CCCCCCCCCCCCCCC=[N+](C)C)C1. The quantitative estimate of drug-likeness (QED) is 0.123. The summed E-state index contributed by atoms with van der Waals surface area (Å²) in [5.74, 6) is 0.761. The second kappa shape index (κ2) is 17.0. The molecule has 0 aromatic heterocycles. The van der Waals surface area contributed by atoms with E-state index in [1.54, 1.807) is 0 Å². The molecule has 2 atom stereocenters. The van der Waals surface area contributed by atoms with E-state index >= 15 is 0 Å². The summed E-state index contributed by atoms with van der Waals surface area (Å²) in [4.78, 5) is 11.9. The summed E-state index contributed by atoms with van der Waals surface area (Å²) in [5, 5.41) is 0. The highest BCUT2D eigenvalue weighted by Gasteiger charge is 2.21. The Balaban J connectivity index is 1.78. The van der Waals surface area contributed by atoms with Gasteiger partial charge < -0.3 is 4.74 Å². The number of ether oxygens (including phenoxy) is 1. The van der Waals surface area contributed by atoms with Crippen LogP contribution in [0, 0.1) is 5.92 Å². The van der Waals surface area contributed by atoms with Gasteiger partial charge in [0, 0.05) is 12.8 Å². The zero-order valence-electron chi connectivity index (χ0n) is 19.2. The molecule has 1 aliphatic carbocycles. The van der Waals surface area contributed by atoms with E-state index in [1.807, 2.05) is 0 Å². The number of rotatable bonds is 16. The fraction of sp³-hybridized carbons (Fsp3) is 0.920. The Morgan fingerprint density at radius 2 is 1.39 bits per heavy atom. The van der Waals surface area contributed by atoms with E-state index in [4.69, 9.17) is 4.74 Å². The largest absolute Gasteiger partial charge is 0.462 e. The molecule has 2 unspecified atom stereocenters. The Bertz CT molecular complexity index is 415. The molecule has 0 aromatic carbocycles. The van der Waals surface area contributed by atoms with Crippen LogP contribution in [0.2, 0.25) is 0 Å². The Hall–Kier alpha value is -0.860. The maximum Gasteiger partial charge on any atom is 0.306 e. The van der Waals surface area contributed by atoms with Gasteiger partial charge in [-0.15, -0.1) is 0 Å². The third kappa shape index (κ3) is 15.1. The van der Waals surface area contributed by atoms with Gasteiger partial charge in [-0.3, -0.25) is 4.79 Å². The summed E-state index contributed by atoms with van der Waals surface area (Å²) in [6.45, 7) is 2.27. The standard InChI is InChI=1S/C25H48NO2/c1-23-18-17-19-24(22-23)28-25(27)20-15-13-11-9-7-5-4-6-8-10-12-14-16-21-26(2)3/h21,23-24H,4-20,22H2,1-3H3/q+1. The van der Waals surface area contributed by atoms with Crippen molar-refractivity contribution in [3.05, 3.63) is 0 Å². The van der Waals surface area contributed by atoms with Crippen molar-refractivity contribution in [3.63, 3.8) is 0 Å². The van der Waals surface area contributed by atoms with Crippen LogP contribution in [-0.2, 0) is 9.53 Å². The second-order valence-electron chi connectivity index (χ2n) is 9.31. The number of carbonyl (C=O) groups excluding carboxylic acids is 1. The van der Waals surface area contributed by atoms with Gasteiger partial charge in [-0.05, 0) is 38.0 Å². The fourth-order valence-electron chi connectivity index (χ4n) is 4.26. The third-order valence-corrected chi connectivity index (χ3v) is 6.02. The maximum absolute atomic E-state index is 11.9. The van der Waals surface area contributed by atoms with Crippen LogP contribution in [0.25, 0.3) is 0 Å². The van der Waals surface area contributed by atoms with E-state index in [0.29, 0.717) is 6.42 Å². The summed E-state index contributed by atoms with van der Waals surface area (Å²) in [7, 11) is 4.21. The van der Waals surface area contributed by atoms with Crippen molar-refractivity contribution in [3.8, 4) is 0 Å². The van der Waals surface area contributed by atoms with Crippen molar-refractivity contribution in [1.29, 1.82) is 0 Å². The fourth-order valence-corrected chi connectivity index (χ4v) is 4.26. The van der Waals surface area contributed by atoms with Gasteiger partial charge in [-0.25, -0.2) is 4.58 Å². The van der Waals surface area contributed by atoms with Crippen LogP contribution in [-0.4, -0.2) is 37.0 Å². The van der Waals surface area contributed by atoms with Gasteiger partial charge in [0.2, 0.25) is 0 Å². The van der Waals surface area contributed by atoms with Crippen LogP contribution in [0.5, 0.6) is 0 Å². The minimum Gasteiger partial charge on any atom is -0.462 e. The van der Waals surface area contributed by atoms with E-state index in [-0.39, 0.29) is 12.1 Å². The van der Waals surface area contributed by atoms with Crippen LogP contribution < -0.4 is 0 Å². The molecule has 1 saturated carbocycles. The molecule has 1 fully saturated rings. The van der Waals surface area contributed by atoms with E-state index in [1.165, 1.54) is 89.9 Å². The maximum atomic E-state index is 11.9. The van der Waals surface area contributed by atoms with Gasteiger partial charge >= 0.3 is 5.97 Å². The Labute approximate surface area is 175 Å². The second-order valence-corrected chi connectivity index (χ2v) is 9.31. The molecule has 1 aliphatic rings. The van der Waals surface area contributed by atoms with E-state index < -0.39 is 0 Å². The number of esters is 1. The first-order valence-electron chi connectivity index (χ1n) is 12.3. The number of carbonyl (C=O) groups is 1. The lowest BCUT2D eigenvalue weighted by Gasteiger charge is -2.26. The van der Waals surface area contributed by atoms with Gasteiger partial charge in [-0.2, -0.15) is 0 Å². The normalized spacial score (nSPS) is 19.4. The molecule has 28 heavy (non-hydrogen) atoms. The summed E-state index contributed by atoms with van der Waals surface area (Å²) in [6, 6.07) is 0. The molecule has 0 aromatic rings. The average Bonchev–Trinajstić information content (AvgIpc) is 2.64. The minimum atomic E-state index is 0.0405. The predicted molar refractivity (Wildman–Crippen MR) is 120 cm³/mol. The molecule has 164 valence electrons. The molecule has 0 saturated heterocycles. The molecule has 1 rings (SSSR count). The first kappa shape index (κ1) is 25.2. The van der Waals surface area contributed by atoms with Crippen molar-refractivity contribution in [2.45, 2.75) is 129 Å². The van der Waals surface area contributed by atoms with Crippen molar-refractivity contribution >= 4 is 12.2 Å². The monoisotopic (exact) mass is 394 g/mol. The third-order valence-electron chi connectivity index (χ3n) is 6.02. The molecule has 0 heterocycles. The van der Waals surface area contributed by atoms with Crippen molar-refractivity contribution < 1.29 is 14.1 Å². The van der Waals surface area contributed by atoms with Crippen molar-refractivity contribution in [1.82, 2.24) is 0 Å². The highest BCUT2D eigenvalue weighted by molar-refractivity contribution is 5.69. The lowest BCUT2D eigenvalue weighted by molar-refractivity contribution is -0.460. The van der Waals surface area contributed by atoms with Crippen molar-refractivity contribution in [2.24, 2.45) is 5.92 Å². The molecular weight excluding hydrogens is 346 g/mol. The van der Waals surface area contributed by atoms with E-state index in [9.17, 15) is 4.79 Å². The van der Waals surface area contributed by atoms with E-state index in [0.717, 1.165) is 25.2 Å². The molecule has 0 N–H and O–H groups in total. The number of unbranched alkanes of at least 4 members (excludes halogenated alkanes) is 12.